The maximum absolute atomic E-state index is 12.9. The number of rotatable bonds is 16. The van der Waals surface area contributed by atoms with E-state index >= 15 is 0 Å². The van der Waals surface area contributed by atoms with E-state index in [4.69, 9.17) is 11.5 Å². The summed E-state index contributed by atoms with van der Waals surface area (Å²) in [7, 11) is 0. The molecule has 0 aromatic rings. The molecule has 0 aliphatic carbocycles. The van der Waals surface area contributed by atoms with E-state index in [2.05, 4.69) is 16.0 Å². The highest BCUT2D eigenvalue weighted by atomic mass is 32.2. The van der Waals surface area contributed by atoms with Crippen molar-refractivity contribution >= 4 is 41.4 Å². The summed E-state index contributed by atoms with van der Waals surface area (Å²) in [5.74, 6) is -3.32. The lowest BCUT2D eigenvalue weighted by molar-refractivity contribution is -0.142. The van der Waals surface area contributed by atoms with Crippen LogP contribution in [0.5, 0.6) is 0 Å². The maximum Gasteiger partial charge on any atom is 0.326 e. The minimum atomic E-state index is -1.17. The van der Waals surface area contributed by atoms with Crippen LogP contribution in [0.1, 0.15) is 53.4 Å². The molecule has 0 saturated carbocycles. The number of hydrogen-bond acceptors (Lipinski definition) is 7. The van der Waals surface area contributed by atoms with Gasteiger partial charge in [0, 0.05) is 6.42 Å². The molecule has 8 N–H and O–H groups in total. The summed E-state index contributed by atoms with van der Waals surface area (Å²) in [6.45, 7) is 7.18. The molecule has 0 aromatic heterocycles. The molecule has 0 radical (unpaired) electrons. The molecule has 4 atom stereocenters. The second kappa shape index (κ2) is 15.5. The zero-order valence-electron chi connectivity index (χ0n) is 20.1. The van der Waals surface area contributed by atoms with Crippen LogP contribution in [0.15, 0.2) is 0 Å². The van der Waals surface area contributed by atoms with E-state index in [1.165, 1.54) is 11.8 Å². The Bertz CT molecular complexity index is 688. The maximum atomic E-state index is 12.9. The Balaban J connectivity index is 5.52. The smallest absolute Gasteiger partial charge is 0.326 e. The summed E-state index contributed by atoms with van der Waals surface area (Å²) in [5.41, 5.74) is 11.0. The topological polar surface area (TPSA) is 194 Å². The van der Waals surface area contributed by atoms with E-state index in [9.17, 15) is 29.1 Å². The average Bonchev–Trinajstić information content (AvgIpc) is 2.71. The van der Waals surface area contributed by atoms with Crippen LogP contribution in [0.2, 0.25) is 0 Å². The van der Waals surface area contributed by atoms with Gasteiger partial charge in [0.25, 0.3) is 0 Å². The van der Waals surface area contributed by atoms with E-state index in [1.54, 1.807) is 13.8 Å². The van der Waals surface area contributed by atoms with Crippen molar-refractivity contribution in [1.82, 2.24) is 16.0 Å². The number of primary amides is 1. The van der Waals surface area contributed by atoms with E-state index in [0.29, 0.717) is 5.75 Å². The molecule has 12 heteroatoms. The molecule has 190 valence electrons. The Hall–Kier alpha value is -2.34. The SMILES string of the molecule is CSCCC(NC(=O)C(CCC(N)=O)NC(=O)C(N)C(C)C)C(=O)NC(CC(C)C)C(=O)O. The third kappa shape index (κ3) is 12.5. The average molecular weight is 490 g/mol. The minimum Gasteiger partial charge on any atom is -0.480 e. The van der Waals surface area contributed by atoms with Crippen molar-refractivity contribution in [3.8, 4) is 0 Å². The Labute approximate surface area is 199 Å². The zero-order valence-corrected chi connectivity index (χ0v) is 20.9. The van der Waals surface area contributed by atoms with Crippen molar-refractivity contribution in [2.24, 2.45) is 23.3 Å². The fourth-order valence-corrected chi connectivity index (χ4v) is 3.34. The second-order valence-electron chi connectivity index (χ2n) is 8.71. The number of nitrogens with two attached hydrogens (primary N) is 2. The normalized spacial score (nSPS) is 14.8. The van der Waals surface area contributed by atoms with Gasteiger partial charge in [0.1, 0.15) is 18.1 Å². The number of thioether (sulfide) groups is 1. The summed E-state index contributed by atoms with van der Waals surface area (Å²) in [4.78, 5) is 60.9. The molecule has 0 aliphatic rings. The molecule has 0 rings (SSSR count). The first kappa shape index (κ1) is 30.7. The summed E-state index contributed by atoms with van der Waals surface area (Å²) in [5, 5.41) is 17.0. The van der Waals surface area contributed by atoms with Gasteiger partial charge in [0.05, 0.1) is 6.04 Å². The molecule has 0 aromatic carbocycles. The zero-order chi connectivity index (χ0) is 25.7. The molecular formula is C21H39N5O6S. The van der Waals surface area contributed by atoms with Crippen LogP contribution >= 0.6 is 11.8 Å². The minimum absolute atomic E-state index is 0.0317. The predicted octanol–water partition coefficient (Wildman–Crippen LogP) is -0.427. The Morgan fingerprint density at radius 3 is 1.76 bits per heavy atom. The van der Waals surface area contributed by atoms with E-state index in [0.717, 1.165) is 0 Å². The second-order valence-corrected chi connectivity index (χ2v) is 9.69. The molecule has 33 heavy (non-hydrogen) atoms. The molecule has 0 fully saturated rings. The van der Waals surface area contributed by atoms with Crippen LogP contribution < -0.4 is 27.4 Å². The van der Waals surface area contributed by atoms with Crippen LogP contribution in [0.4, 0.5) is 0 Å². The monoisotopic (exact) mass is 489 g/mol. The summed E-state index contributed by atoms with van der Waals surface area (Å²) >= 11 is 1.46. The van der Waals surface area contributed by atoms with E-state index in [1.807, 2.05) is 20.1 Å². The number of carbonyl (C=O) groups is 5. The van der Waals surface area contributed by atoms with Crippen molar-refractivity contribution in [1.29, 1.82) is 0 Å². The Morgan fingerprint density at radius 1 is 0.848 bits per heavy atom. The van der Waals surface area contributed by atoms with Crippen molar-refractivity contribution in [2.75, 3.05) is 12.0 Å². The molecule has 0 saturated heterocycles. The quantitative estimate of drug-likeness (QED) is 0.168. The molecule has 0 bridgehead atoms. The molecular weight excluding hydrogens is 450 g/mol. The first-order valence-corrected chi connectivity index (χ1v) is 12.4. The summed E-state index contributed by atoms with van der Waals surface area (Å²) in [6.07, 6.45) is 2.08. The van der Waals surface area contributed by atoms with E-state index in [-0.39, 0.29) is 37.5 Å². The fraction of sp³-hybridized carbons (Fsp3) is 0.762. The van der Waals surface area contributed by atoms with Gasteiger partial charge in [0.15, 0.2) is 0 Å². The number of hydrogen-bond donors (Lipinski definition) is 6. The van der Waals surface area contributed by atoms with Gasteiger partial charge in [-0.05, 0) is 43.1 Å². The van der Waals surface area contributed by atoms with Crippen molar-refractivity contribution in [3.63, 3.8) is 0 Å². The molecule has 0 spiro atoms. The highest BCUT2D eigenvalue weighted by molar-refractivity contribution is 7.98. The number of amides is 4. The third-order valence-corrected chi connectivity index (χ3v) is 5.54. The van der Waals surface area contributed by atoms with Crippen LogP contribution in [0, 0.1) is 11.8 Å². The Kier molecular flexibility index (Phi) is 14.4. The van der Waals surface area contributed by atoms with E-state index < -0.39 is 53.8 Å². The lowest BCUT2D eigenvalue weighted by Gasteiger charge is -2.26. The summed E-state index contributed by atoms with van der Waals surface area (Å²) in [6, 6.07) is -4.12. The van der Waals surface area contributed by atoms with Gasteiger partial charge in [-0.25, -0.2) is 4.79 Å². The van der Waals surface area contributed by atoms with Gasteiger partial charge in [-0.15, -0.1) is 0 Å². The molecule has 0 aliphatic heterocycles. The first-order valence-electron chi connectivity index (χ1n) is 11.0. The number of carbonyl (C=O) groups excluding carboxylic acids is 4. The Morgan fingerprint density at radius 2 is 1.33 bits per heavy atom. The lowest BCUT2D eigenvalue weighted by Crippen LogP contribution is -2.57. The van der Waals surface area contributed by atoms with Crippen molar-refractivity contribution in [2.45, 2.75) is 77.5 Å². The highest BCUT2D eigenvalue weighted by Crippen LogP contribution is 2.09. The van der Waals surface area contributed by atoms with Crippen LogP contribution in [-0.2, 0) is 24.0 Å². The standard InChI is InChI=1S/C21H39N5O6S/c1-11(2)10-15(21(31)32)26-19(29)14(8-9-33-5)24-18(28)13(6-7-16(22)27)25-20(30)17(23)12(3)4/h11-15,17H,6-10,23H2,1-5H3,(H2,22,27)(H,24,28)(H,25,30)(H,26,29)(H,31,32). The predicted molar refractivity (Wildman–Crippen MR) is 127 cm³/mol. The van der Waals surface area contributed by atoms with Gasteiger partial charge in [-0.3, -0.25) is 19.2 Å². The number of carboxylic acids is 1. The number of nitrogens with one attached hydrogen (secondary N) is 3. The fourth-order valence-electron chi connectivity index (χ4n) is 2.87. The summed E-state index contributed by atoms with van der Waals surface area (Å²) < 4.78 is 0. The largest absolute Gasteiger partial charge is 0.480 e. The lowest BCUT2D eigenvalue weighted by atomic mass is 10.0. The molecule has 4 unspecified atom stereocenters. The first-order chi connectivity index (χ1) is 15.3. The number of aliphatic carboxylic acids is 1. The van der Waals surface area contributed by atoms with Crippen molar-refractivity contribution < 1.29 is 29.1 Å². The van der Waals surface area contributed by atoms with Gasteiger partial charge in [-0.1, -0.05) is 27.7 Å². The number of carboxylic acid groups (broad SMARTS) is 1. The molecule has 4 amide bonds. The third-order valence-electron chi connectivity index (χ3n) is 4.90. The van der Waals surface area contributed by atoms with Gasteiger partial charge >= 0.3 is 5.97 Å². The van der Waals surface area contributed by atoms with Gasteiger partial charge < -0.3 is 32.5 Å². The van der Waals surface area contributed by atoms with Crippen LogP contribution in [0.3, 0.4) is 0 Å². The molecule has 11 nitrogen and oxygen atoms in total. The van der Waals surface area contributed by atoms with Crippen LogP contribution in [0.25, 0.3) is 0 Å². The van der Waals surface area contributed by atoms with Gasteiger partial charge in [-0.2, -0.15) is 11.8 Å². The van der Waals surface area contributed by atoms with Crippen LogP contribution in [-0.4, -0.2) is 70.9 Å². The highest BCUT2D eigenvalue weighted by Gasteiger charge is 2.31. The van der Waals surface area contributed by atoms with Crippen molar-refractivity contribution in [3.05, 3.63) is 0 Å². The van der Waals surface area contributed by atoms with Gasteiger partial charge in [0.2, 0.25) is 23.6 Å². The molecule has 0 heterocycles.